The van der Waals surface area contributed by atoms with Crippen molar-refractivity contribution in [2.75, 3.05) is 133 Å². The van der Waals surface area contributed by atoms with E-state index < -0.39 is 205 Å². The third-order valence-corrected chi connectivity index (χ3v) is 14.8. The van der Waals surface area contributed by atoms with Gasteiger partial charge in [-0.2, -0.15) is 0 Å². The van der Waals surface area contributed by atoms with Gasteiger partial charge in [0.2, 0.25) is 0 Å². The first kappa shape index (κ1) is 72.5. The fourth-order valence-electron chi connectivity index (χ4n) is 11.1. The van der Waals surface area contributed by atoms with Gasteiger partial charge in [-0.3, -0.25) is 0 Å². The van der Waals surface area contributed by atoms with Crippen LogP contribution in [0.1, 0.15) is 34.1 Å². The Hall–Kier alpha value is -1.24. The van der Waals surface area contributed by atoms with E-state index >= 15 is 0 Å². The van der Waals surface area contributed by atoms with Gasteiger partial charge in [0.05, 0.1) is 149 Å². The molecular weight excluding hydrogens is 1120 g/mol. The predicted molar refractivity (Wildman–Crippen MR) is 277 cm³/mol. The zero-order valence-electron chi connectivity index (χ0n) is 47.9. The summed E-state index contributed by atoms with van der Waals surface area (Å²) in [5.41, 5.74) is 0. The van der Waals surface area contributed by atoms with E-state index in [1.54, 1.807) is 13.8 Å². The van der Waals surface area contributed by atoms with Crippen LogP contribution in [0.2, 0.25) is 0 Å². The maximum atomic E-state index is 12.4. The zero-order valence-corrected chi connectivity index (χ0v) is 47.9. The molecule has 4 heterocycles. The van der Waals surface area contributed by atoms with Gasteiger partial charge in [-0.15, -0.1) is 0 Å². The Morgan fingerprint density at radius 2 is 0.807 bits per heavy atom. The van der Waals surface area contributed by atoms with E-state index in [9.17, 15) is 71.5 Å². The maximum absolute atomic E-state index is 12.4. The SMILES string of the molecule is COC1OC(COCCO)C(OC2OC(COC3C(COCCO)OC(OC(C)C)C(OCCO)C3O)C(OC3CC(CO)C(OC4OC(COCCO)C(C(C)C)C(O)C4OCCO)C(O)C3OCCO)C(O)C2O)C(O)C1OCCO. The molecule has 0 spiro atoms. The second kappa shape index (κ2) is 37.7. The highest BCUT2D eigenvalue weighted by Gasteiger charge is 2.57. The molecule has 4 saturated heterocycles. The summed E-state index contributed by atoms with van der Waals surface area (Å²) in [4.78, 5) is 0. The molecule has 25 unspecified atom stereocenters. The normalized spacial score (nSPS) is 39.9. The van der Waals surface area contributed by atoms with Gasteiger partial charge in [0.25, 0.3) is 0 Å². The largest absolute Gasteiger partial charge is 0.396 e. The lowest BCUT2D eigenvalue weighted by Crippen LogP contribution is -2.67. The van der Waals surface area contributed by atoms with Crippen LogP contribution in [-0.2, 0) is 80.5 Å². The van der Waals surface area contributed by atoms with E-state index in [4.69, 9.17) is 80.5 Å². The second-order valence-corrected chi connectivity index (χ2v) is 21.3. The first-order valence-electron chi connectivity index (χ1n) is 28.5. The van der Waals surface area contributed by atoms with Crippen LogP contribution in [0, 0.1) is 17.8 Å². The topological polar surface area (TPSA) is 440 Å². The molecule has 31 heteroatoms. The minimum absolute atomic E-state index is 0.0425. The van der Waals surface area contributed by atoms with Gasteiger partial charge in [-0.05, 0) is 26.2 Å². The minimum Gasteiger partial charge on any atom is -0.396 e. The highest BCUT2D eigenvalue weighted by molar-refractivity contribution is 5.02. The predicted octanol–water partition coefficient (Wildman–Crippen LogP) is -7.15. The third kappa shape index (κ3) is 19.9. The van der Waals surface area contributed by atoms with Crippen molar-refractivity contribution < 1.29 is 152 Å². The first-order valence-corrected chi connectivity index (χ1v) is 28.5. The van der Waals surface area contributed by atoms with Crippen LogP contribution in [0.15, 0.2) is 0 Å². The number of hydrogen-bond donors (Lipinski definition) is 14. The first-order chi connectivity index (χ1) is 40.0. The van der Waals surface area contributed by atoms with Crippen molar-refractivity contribution in [2.24, 2.45) is 17.8 Å². The number of hydrogen-bond acceptors (Lipinski definition) is 31. The minimum atomic E-state index is -2.06. The Morgan fingerprint density at radius 1 is 0.386 bits per heavy atom. The summed E-state index contributed by atoms with van der Waals surface area (Å²) < 4.78 is 103. The summed E-state index contributed by atoms with van der Waals surface area (Å²) in [6.45, 7) is 0.633. The van der Waals surface area contributed by atoms with Gasteiger partial charge in [0.15, 0.2) is 25.2 Å². The quantitative estimate of drug-likeness (QED) is 0.0255. The van der Waals surface area contributed by atoms with Gasteiger partial charge in [0, 0.05) is 25.6 Å². The molecule has 5 aliphatic rings. The van der Waals surface area contributed by atoms with Crippen molar-refractivity contribution in [2.45, 2.75) is 181 Å². The summed E-state index contributed by atoms with van der Waals surface area (Å²) in [7, 11) is 1.28. The molecule has 0 amide bonds. The zero-order chi connectivity index (χ0) is 60.8. The Kier molecular flexibility index (Phi) is 32.9. The molecule has 0 radical (unpaired) electrons. The molecule has 490 valence electrons. The molecule has 5 fully saturated rings. The molecular formula is C52H96O31. The van der Waals surface area contributed by atoms with Crippen molar-refractivity contribution in [3.8, 4) is 0 Å². The van der Waals surface area contributed by atoms with Gasteiger partial charge < -0.3 is 152 Å². The number of aliphatic hydroxyl groups is 14. The smallest absolute Gasteiger partial charge is 0.187 e. The number of rotatable bonds is 38. The van der Waals surface area contributed by atoms with Crippen LogP contribution in [0.4, 0.5) is 0 Å². The van der Waals surface area contributed by atoms with E-state index in [-0.39, 0.29) is 91.6 Å². The van der Waals surface area contributed by atoms with Crippen LogP contribution in [-0.4, -0.2) is 351 Å². The summed E-state index contributed by atoms with van der Waals surface area (Å²) >= 11 is 0. The average Bonchev–Trinajstić information content (AvgIpc) is 3.62. The highest BCUT2D eigenvalue weighted by atomic mass is 16.8. The summed E-state index contributed by atoms with van der Waals surface area (Å²) in [5, 5.41) is 151. The molecule has 14 N–H and O–H groups in total. The molecule has 1 aliphatic carbocycles. The number of aliphatic hydroxyl groups excluding tert-OH is 14. The Bertz CT molecular complexity index is 1690. The van der Waals surface area contributed by atoms with Gasteiger partial charge >= 0.3 is 0 Å². The van der Waals surface area contributed by atoms with E-state index in [2.05, 4.69) is 0 Å². The molecule has 0 bridgehead atoms. The molecule has 25 atom stereocenters. The van der Waals surface area contributed by atoms with Gasteiger partial charge in [-0.25, -0.2) is 0 Å². The van der Waals surface area contributed by atoms with Crippen molar-refractivity contribution in [3.05, 3.63) is 0 Å². The molecule has 0 aromatic carbocycles. The maximum Gasteiger partial charge on any atom is 0.187 e. The third-order valence-electron chi connectivity index (χ3n) is 14.8. The van der Waals surface area contributed by atoms with Gasteiger partial charge in [0.1, 0.15) is 91.6 Å². The van der Waals surface area contributed by atoms with Gasteiger partial charge in [-0.1, -0.05) is 13.8 Å². The van der Waals surface area contributed by atoms with Crippen LogP contribution >= 0.6 is 0 Å². The van der Waals surface area contributed by atoms with E-state index in [0.717, 1.165) is 0 Å². The molecule has 1 saturated carbocycles. The van der Waals surface area contributed by atoms with E-state index in [1.165, 1.54) is 7.11 Å². The van der Waals surface area contributed by atoms with Crippen molar-refractivity contribution in [3.63, 3.8) is 0 Å². The monoisotopic (exact) mass is 1220 g/mol. The van der Waals surface area contributed by atoms with Crippen molar-refractivity contribution >= 4 is 0 Å². The van der Waals surface area contributed by atoms with Crippen LogP contribution in [0.3, 0.4) is 0 Å². The Labute approximate surface area is 482 Å². The standard InChI is InChI=1S/C52H96O31/c1-26(2)34-30(22-68-13-6-53)78-52(46(35(34)61)72-17-10-57)82-41-28(21-60)20-29(42(38(41)64)71-16-9-56)77-44-33(25-75-43-31(23-69-14-7-54)81-51(76-27(3)4)48(39(43)65)74-19-12-59)79-49(37(63)36(44)62)83-45-32(24-70-15-8-55)80-50(67-5)47(40(45)66)73-18-11-58/h26-66H,6-25H2,1-5H3. The Balaban J connectivity index is 1.53. The fourth-order valence-corrected chi connectivity index (χ4v) is 11.1. The molecule has 83 heavy (non-hydrogen) atoms. The fraction of sp³-hybridized carbons (Fsp3) is 1.00. The molecule has 4 aliphatic heterocycles. The number of ether oxygens (including phenoxy) is 17. The lowest BCUT2D eigenvalue weighted by molar-refractivity contribution is -0.373. The van der Waals surface area contributed by atoms with Crippen LogP contribution < -0.4 is 0 Å². The highest BCUT2D eigenvalue weighted by Crippen LogP contribution is 2.41. The van der Waals surface area contributed by atoms with E-state index in [0.29, 0.717) is 0 Å². The second-order valence-electron chi connectivity index (χ2n) is 21.3. The molecule has 0 aromatic heterocycles. The molecule has 5 rings (SSSR count). The lowest BCUT2D eigenvalue weighted by atomic mass is 9.79. The average molecular weight is 1220 g/mol. The van der Waals surface area contributed by atoms with E-state index in [1.807, 2.05) is 13.8 Å². The molecule has 0 aromatic rings. The molecule has 31 nitrogen and oxygen atoms in total. The summed E-state index contributed by atoms with van der Waals surface area (Å²) in [5.74, 6) is -1.87. The lowest BCUT2D eigenvalue weighted by Gasteiger charge is -2.51. The van der Waals surface area contributed by atoms with Crippen molar-refractivity contribution in [1.82, 2.24) is 0 Å². The summed E-state index contributed by atoms with van der Waals surface area (Å²) in [6.07, 6.45) is -34.4. The van der Waals surface area contributed by atoms with Crippen molar-refractivity contribution in [1.29, 1.82) is 0 Å². The van der Waals surface area contributed by atoms with Crippen LogP contribution in [0.5, 0.6) is 0 Å². The number of methoxy groups -OCH3 is 1. The summed E-state index contributed by atoms with van der Waals surface area (Å²) in [6, 6.07) is 0. The Morgan fingerprint density at radius 3 is 1.33 bits per heavy atom. The van der Waals surface area contributed by atoms with Crippen LogP contribution in [0.25, 0.3) is 0 Å².